The van der Waals surface area contributed by atoms with E-state index < -0.39 is 0 Å². The topological polar surface area (TPSA) is 21.3 Å². The number of nitrogens with one attached hydrogen (secondary N) is 1. The Morgan fingerprint density at radius 3 is 2.56 bits per heavy atom. The summed E-state index contributed by atoms with van der Waals surface area (Å²) in [5.41, 5.74) is 7.24. The number of hydrogen-bond acceptors (Lipinski definition) is 2. The van der Waals surface area contributed by atoms with Gasteiger partial charge in [-0.15, -0.1) is 0 Å². The van der Waals surface area contributed by atoms with Crippen LogP contribution in [0.1, 0.15) is 46.1 Å². The van der Waals surface area contributed by atoms with Gasteiger partial charge in [0.15, 0.2) is 0 Å². The lowest BCUT2D eigenvalue weighted by molar-refractivity contribution is 0.354. The number of fused-ring (bicyclic) bond motifs is 5. The van der Waals surface area contributed by atoms with Gasteiger partial charge in [0, 0.05) is 18.5 Å². The van der Waals surface area contributed by atoms with E-state index in [4.69, 9.17) is 4.74 Å². The molecule has 136 valence electrons. The third-order valence-electron chi connectivity index (χ3n) is 6.28. The summed E-state index contributed by atoms with van der Waals surface area (Å²) in [6, 6.07) is 27.0. The third kappa shape index (κ3) is 2.94. The molecule has 3 aromatic rings. The summed E-state index contributed by atoms with van der Waals surface area (Å²) < 4.78 is 5.58. The minimum absolute atomic E-state index is 0.409. The van der Waals surface area contributed by atoms with E-state index in [0.717, 1.165) is 18.7 Å². The molecule has 27 heavy (non-hydrogen) atoms. The monoisotopic (exact) mass is 355 g/mol. The van der Waals surface area contributed by atoms with Crippen molar-refractivity contribution in [1.82, 2.24) is 5.32 Å². The van der Waals surface area contributed by atoms with Crippen molar-refractivity contribution in [2.45, 2.75) is 37.3 Å². The van der Waals surface area contributed by atoms with Crippen LogP contribution in [0.3, 0.4) is 0 Å². The van der Waals surface area contributed by atoms with Gasteiger partial charge >= 0.3 is 0 Å². The van der Waals surface area contributed by atoms with Crippen LogP contribution in [0.25, 0.3) is 0 Å². The molecule has 2 aliphatic rings. The van der Waals surface area contributed by atoms with Crippen molar-refractivity contribution in [2.24, 2.45) is 0 Å². The van der Waals surface area contributed by atoms with Crippen molar-refractivity contribution in [2.75, 3.05) is 7.11 Å². The van der Waals surface area contributed by atoms with Crippen LogP contribution in [0.5, 0.6) is 5.75 Å². The van der Waals surface area contributed by atoms with Gasteiger partial charge < -0.3 is 10.1 Å². The zero-order chi connectivity index (χ0) is 18.2. The van der Waals surface area contributed by atoms with Gasteiger partial charge in [0.1, 0.15) is 5.75 Å². The van der Waals surface area contributed by atoms with E-state index in [9.17, 15) is 0 Å². The summed E-state index contributed by atoms with van der Waals surface area (Å²) in [6.45, 7) is 0.967. The molecule has 0 fully saturated rings. The SMILES string of the molecule is COc1ccc2c(c1)C1c3ccccc3CNC1CC2Cc1ccccc1. The molecule has 1 heterocycles. The summed E-state index contributed by atoms with van der Waals surface area (Å²) >= 11 is 0. The fourth-order valence-corrected chi connectivity index (χ4v) is 5.02. The Morgan fingerprint density at radius 2 is 1.70 bits per heavy atom. The minimum Gasteiger partial charge on any atom is -0.497 e. The maximum absolute atomic E-state index is 5.58. The number of hydrogen-bond donors (Lipinski definition) is 1. The van der Waals surface area contributed by atoms with Gasteiger partial charge in [-0.2, -0.15) is 0 Å². The summed E-state index contributed by atoms with van der Waals surface area (Å²) in [6.07, 6.45) is 2.26. The lowest BCUT2D eigenvalue weighted by Gasteiger charge is -2.43. The van der Waals surface area contributed by atoms with Crippen molar-refractivity contribution >= 4 is 0 Å². The molecule has 0 radical (unpaired) electrons. The molecule has 2 heteroatoms. The predicted octanol–water partition coefficient (Wildman–Crippen LogP) is 5.03. The summed E-state index contributed by atoms with van der Waals surface area (Å²) in [5.74, 6) is 1.90. The van der Waals surface area contributed by atoms with E-state index >= 15 is 0 Å². The highest BCUT2D eigenvalue weighted by molar-refractivity contribution is 5.51. The second kappa shape index (κ2) is 6.86. The van der Waals surface area contributed by atoms with Crippen molar-refractivity contribution in [1.29, 1.82) is 0 Å². The van der Waals surface area contributed by atoms with Gasteiger partial charge in [-0.3, -0.25) is 0 Å². The molecule has 2 nitrogen and oxygen atoms in total. The van der Waals surface area contributed by atoms with Crippen molar-refractivity contribution < 1.29 is 4.74 Å². The standard InChI is InChI=1S/C25H25NO/c1-27-20-11-12-21-19(13-17-7-3-2-4-8-17)14-24-25(23(21)15-20)22-10-6-5-9-18(22)16-26-24/h2-12,15,19,24-26H,13-14,16H2,1H3. The minimum atomic E-state index is 0.409. The fourth-order valence-electron chi connectivity index (χ4n) is 5.02. The fraction of sp³-hybridized carbons (Fsp3) is 0.280. The van der Waals surface area contributed by atoms with Crippen molar-refractivity contribution in [3.63, 3.8) is 0 Å². The molecule has 1 N–H and O–H groups in total. The van der Waals surface area contributed by atoms with Crippen LogP contribution in [-0.2, 0) is 13.0 Å². The van der Waals surface area contributed by atoms with E-state index in [0.29, 0.717) is 17.9 Å². The van der Waals surface area contributed by atoms with Gasteiger partial charge in [-0.1, -0.05) is 60.7 Å². The summed E-state index contributed by atoms with van der Waals surface area (Å²) in [5, 5.41) is 3.83. The molecule has 3 unspecified atom stereocenters. The maximum atomic E-state index is 5.58. The van der Waals surface area contributed by atoms with Gasteiger partial charge in [0.2, 0.25) is 0 Å². The lowest BCUT2D eigenvalue weighted by atomic mass is 9.67. The van der Waals surface area contributed by atoms with Crippen LogP contribution in [-0.4, -0.2) is 13.2 Å². The Labute approximate surface area is 161 Å². The van der Waals surface area contributed by atoms with Crippen LogP contribution in [0, 0.1) is 0 Å². The zero-order valence-electron chi connectivity index (χ0n) is 15.7. The first kappa shape index (κ1) is 16.6. The van der Waals surface area contributed by atoms with E-state index in [1.165, 1.54) is 34.2 Å². The van der Waals surface area contributed by atoms with Crippen LogP contribution in [0.4, 0.5) is 0 Å². The smallest absolute Gasteiger partial charge is 0.119 e. The molecule has 5 rings (SSSR count). The number of ether oxygens (including phenoxy) is 1. The number of benzene rings is 3. The van der Waals surface area contributed by atoms with E-state index in [1.54, 1.807) is 7.11 Å². The Balaban J connectivity index is 1.61. The lowest BCUT2D eigenvalue weighted by Crippen LogP contribution is -2.44. The Bertz CT molecular complexity index is 950. The first-order valence-corrected chi connectivity index (χ1v) is 9.86. The Kier molecular flexibility index (Phi) is 4.21. The molecule has 0 saturated carbocycles. The van der Waals surface area contributed by atoms with E-state index in [1.807, 2.05) is 0 Å². The molecule has 1 aliphatic heterocycles. The highest BCUT2D eigenvalue weighted by atomic mass is 16.5. The molecule has 1 aliphatic carbocycles. The average molecular weight is 355 g/mol. The van der Waals surface area contributed by atoms with E-state index in [-0.39, 0.29) is 0 Å². The van der Waals surface area contributed by atoms with Crippen LogP contribution >= 0.6 is 0 Å². The Morgan fingerprint density at radius 1 is 0.889 bits per heavy atom. The summed E-state index contributed by atoms with van der Waals surface area (Å²) in [4.78, 5) is 0. The third-order valence-corrected chi connectivity index (χ3v) is 6.28. The number of rotatable bonds is 3. The van der Waals surface area contributed by atoms with Gasteiger partial charge in [-0.25, -0.2) is 0 Å². The number of methoxy groups -OCH3 is 1. The molecule has 0 aromatic heterocycles. The predicted molar refractivity (Wildman–Crippen MR) is 109 cm³/mol. The van der Waals surface area contributed by atoms with Crippen molar-refractivity contribution in [3.8, 4) is 5.75 Å². The highest BCUT2D eigenvalue weighted by Gasteiger charge is 2.38. The maximum Gasteiger partial charge on any atom is 0.119 e. The quantitative estimate of drug-likeness (QED) is 0.711. The average Bonchev–Trinajstić information content (AvgIpc) is 2.73. The zero-order valence-corrected chi connectivity index (χ0v) is 15.7. The molecular weight excluding hydrogens is 330 g/mol. The molecular formula is C25H25NO. The summed E-state index contributed by atoms with van der Waals surface area (Å²) in [7, 11) is 1.76. The van der Waals surface area contributed by atoms with Gasteiger partial charge in [0.05, 0.1) is 7.11 Å². The highest BCUT2D eigenvalue weighted by Crippen LogP contribution is 2.47. The molecule has 0 saturated heterocycles. The second-order valence-corrected chi connectivity index (χ2v) is 7.78. The molecule has 3 aromatic carbocycles. The molecule has 0 amide bonds. The van der Waals surface area contributed by atoms with Crippen LogP contribution < -0.4 is 10.1 Å². The Hall–Kier alpha value is -2.58. The van der Waals surface area contributed by atoms with Gasteiger partial charge in [-0.05, 0) is 58.7 Å². The second-order valence-electron chi connectivity index (χ2n) is 7.78. The largest absolute Gasteiger partial charge is 0.497 e. The normalized spacial score (nSPS) is 23.1. The van der Waals surface area contributed by atoms with Gasteiger partial charge in [0.25, 0.3) is 0 Å². The first-order chi connectivity index (χ1) is 13.3. The molecule has 0 bridgehead atoms. The van der Waals surface area contributed by atoms with E-state index in [2.05, 4.69) is 78.1 Å². The first-order valence-electron chi connectivity index (χ1n) is 9.86. The van der Waals surface area contributed by atoms with Crippen molar-refractivity contribution in [3.05, 3.63) is 101 Å². The van der Waals surface area contributed by atoms with Crippen LogP contribution in [0.2, 0.25) is 0 Å². The molecule has 3 atom stereocenters. The molecule has 0 spiro atoms. The van der Waals surface area contributed by atoms with Crippen LogP contribution in [0.15, 0.2) is 72.8 Å².